The summed E-state index contributed by atoms with van der Waals surface area (Å²) in [7, 11) is 3.14. The van der Waals surface area contributed by atoms with E-state index in [-0.39, 0.29) is 19.1 Å². The Bertz CT molecular complexity index is 1110. The van der Waals surface area contributed by atoms with Gasteiger partial charge in [0.1, 0.15) is 5.75 Å². The van der Waals surface area contributed by atoms with Crippen molar-refractivity contribution in [1.82, 2.24) is 9.55 Å². The van der Waals surface area contributed by atoms with Crippen LogP contribution in [0, 0.1) is 5.92 Å². The van der Waals surface area contributed by atoms with Crippen molar-refractivity contribution < 1.29 is 23.8 Å². The largest absolute Gasteiger partial charge is 0.496 e. The second-order valence-corrected chi connectivity index (χ2v) is 7.17. The summed E-state index contributed by atoms with van der Waals surface area (Å²) < 4.78 is 18.1. The number of rotatable bonds is 7. The lowest BCUT2D eigenvalue weighted by molar-refractivity contribution is -0.153. The fourth-order valence-corrected chi connectivity index (χ4v) is 4.13. The van der Waals surface area contributed by atoms with Gasteiger partial charge in [0, 0.05) is 12.7 Å². The molecule has 4 rings (SSSR count). The SMILES string of the molecule is CCOC(=O)[C@@H]1C(=O)N(CCOC)c2nc3ccccc3n2[C@@H]1c1ccccc1OC. The zero-order valence-corrected chi connectivity index (χ0v) is 17.8. The number of esters is 1. The van der Waals surface area contributed by atoms with Gasteiger partial charge in [-0.3, -0.25) is 14.5 Å². The molecule has 0 bridgehead atoms. The highest BCUT2D eigenvalue weighted by Gasteiger charge is 2.48. The Balaban J connectivity index is 2.01. The van der Waals surface area contributed by atoms with Crippen LogP contribution < -0.4 is 9.64 Å². The number of anilines is 1. The zero-order chi connectivity index (χ0) is 22.0. The highest BCUT2D eigenvalue weighted by molar-refractivity contribution is 6.08. The van der Waals surface area contributed by atoms with Gasteiger partial charge in [0.25, 0.3) is 0 Å². The highest BCUT2D eigenvalue weighted by atomic mass is 16.5. The summed E-state index contributed by atoms with van der Waals surface area (Å²) in [5.74, 6) is -0.968. The number of methoxy groups -OCH3 is 2. The van der Waals surface area contributed by atoms with Crippen LogP contribution in [0.1, 0.15) is 18.5 Å². The molecule has 0 radical (unpaired) electrons. The average molecular weight is 423 g/mol. The van der Waals surface area contributed by atoms with E-state index in [4.69, 9.17) is 19.2 Å². The fraction of sp³-hybridized carbons (Fsp3) is 0.348. The number of aromatic nitrogens is 2. The van der Waals surface area contributed by atoms with Gasteiger partial charge in [-0.25, -0.2) is 4.98 Å². The molecule has 31 heavy (non-hydrogen) atoms. The number of ether oxygens (including phenoxy) is 3. The molecule has 1 aliphatic heterocycles. The molecule has 1 aliphatic rings. The minimum atomic E-state index is -1.08. The van der Waals surface area contributed by atoms with Crippen LogP contribution >= 0.6 is 0 Å². The second-order valence-electron chi connectivity index (χ2n) is 7.17. The normalized spacial score (nSPS) is 18.2. The molecule has 0 unspecified atom stereocenters. The van der Waals surface area contributed by atoms with Gasteiger partial charge in [-0.05, 0) is 25.1 Å². The van der Waals surface area contributed by atoms with E-state index in [1.54, 1.807) is 21.1 Å². The molecule has 2 atom stereocenters. The number of hydrogen-bond donors (Lipinski definition) is 0. The van der Waals surface area contributed by atoms with E-state index in [2.05, 4.69) is 0 Å². The predicted molar refractivity (Wildman–Crippen MR) is 115 cm³/mol. The molecular formula is C23H25N3O5. The molecule has 0 fully saturated rings. The van der Waals surface area contributed by atoms with E-state index in [0.29, 0.717) is 23.9 Å². The maximum absolute atomic E-state index is 13.6. The first-order chi connectivity index (χ1) is 15.1. The van der Waals surface area contributed by atoms with Gasteiger partial charge in [-0.2, -0.15) is 0 Å². The number of benzene rings is 2. The van der Waals surface area contributed by atoms with Crippen LogP contribution in [0.15, 0.2) is 48.5 Å². The fourth-order valence-electron chi connectivity index (χ4n) is 4.13. The first-order valence-electron chi connectivity index (χ1n) is 10.2. The lowest BCUT2D eigenvalue weighted by atomic mass is 9.89. The smallest absolute Gasteiger partial charge is 0.321 e. The van der Waals surface area contributed by atoms with Crippen molar-refractivity contribution in [2.75, 3.05) is 38.9 Å². The summed E-state index contributed by atoms with van der Waals surface area (Å²) in [4.78, 5) is 33.0. The Kier molecular flexibility index (Phi) is 5.90. The van der Waals surface area contributed by atoms with Crippen LogP contribution in [0.2, 0.25) is 0 Å². The van der Waals surface area contributed by atoms with Crippen molar-refractivity contribution in [2.24, 2.45) is 5.92 Å². The standard InChI is InChI=1S/C23H25N3O5/c1-4-31-22(28)19-20(15-9-5-8-12-18(15)30-3)26-17-11-7-6-10-16(17)24-23(26)25(21(19)27)13-14-29-2/h5-12,19-20H,4,13-14H2,1-3H3/t19-,20+/m0/s1. The first kappa shape index (κ1) is 20.9. The zero-order valence-electron chi connectivity index (χ0n) is 17.8. The third-order valence-corrected chi connectivity index (χ3v) is 5.46. The second kappa shape index (κ2) is 8.77. The van der Waals surface area contributed by atoms with Crippen molar-refractivity contribution in [2.45, 2.75) is 13.0 Å². The van der Waals surface area contributed by atoms with Crippen molar-refractivity contribution >= 4 is 28.9 Å². The molecule has 0 saturated carbocycles. The molecule has 2 aromatic carbocycles. The summed E-state index contributed by atoms with van der Waals surface area (Å²) in [6, 6.07) is 14.4. The monoisotopic (exact) mass is 423 g/mol. The van der Waals surface area contributed by atoms with Crippen LogP contribution in [0.3, 0.4) is 0 Å². The lowest BCUT2D eigenvalue weighted by Crippen LogP contribution is -2.51. The maximum atomic E-state index is 13.6. The van der Waals surface area contributed by atoms with E-state index >= 15 is 0 Å². The third kappa shape index (κ3) is 3.53. The molecule has 0 saturated heterocycles. The highest BCUT2D eigenvalue weighted by Crippen LogP contribution is 2.43. The number of fused-ring (bicyclic) bond motifs is 3. The molecular weight excluding hydrogens is 398 g/mol. The van der Waals surface area contributed by atoms with Crippen molar-refractivity contribution in [3.05, 3.63) is 54.1 Å². The Labute approximate surface area is 180 Å². The van der Waals surface area contributed by atoms with Gasteiger partial charge in [-0.15, -0.1) is 0 Å². The van der Waals surface area contributed by atoms with Crippen molar-refractivity contribution in [1.29, 1.82) is 0 Å². The summed E-state index contributed by atoms with van der Waals surface area (Å²) in [5.41, 5.74) is 2.27. The van der Waals surface area contributed by atoms with Gasteiger partial charge in [0.2, 0.25) is 11.9 Å². The molecule has 1 aromatic heterocycles. The third-order valence-electron chi connectivity index (χ3n) is 5.46. The van der Waals surface area contributed by atoms with Crippen LogP contribution in [0.5, 0.6) is 5.75 Å². The van der Waals surface area contributed by atoms with Crippen molar-refractivity contribution in [3.8, 4) is 5.75 Å². The van der Waals surface area contributed by atoms with Gasteiger partial charge >= 0.3 is 5.97 Å². The molecule has 0 aliphatic carbocycles. The molecule has 0 spiro atoms. The number of carbonyl (C=O) groups is 2. The summed E-state index contributed by atoms with van der Waals surface area (Å²) >= 11 is 0. The number of amides is 1. The summed E-state index contributed by atoms with van der Waals surface area (Å²) in [6.45, 7) is 2.48. The number of carbonyl (C=O) groups excluding carboxylic acids is 2. The molecule has 8 heteroatoms. The van der Waals surface area contributed by atoms with Crippen LogP contribution in [-0.4, -0.2) is 55.4 Å². The maximum Gasteiger partial charge on any atom is 0.321 e. The number of para-hydroxylation sites is 3. The summed E-state index contributed by atoms with van der Waals surface area (Å²) in [6.07, 6.45) is 0. The number of hydrogen-bond acceptors (Lipinski definition) is 6. The van der Waals surface area contributed by atoms with Gasteiger partial charge in [0.15, 0.2) is 5.92 Å². The van der Waals surface area contributed by atoms with Crippen LogP contribution in [-0.2, 0) is 19.1 Å². The van der Waals surface area contributed by atoms with Crippen LogP contribution in [0.4, 0.5) is 5.95 Å². The Hall–Kier alpha value is -3.39. The minimum absolute atomic E-state index is 0.177. The van der Waals surface area contributed by atoms with Gasteiger partial charge < -0.3 is 18.8 Å². The van der Waals surface area contributed by atoms with Gasteiger partial charge in [-0.1, -0.05) is 30.3 Å². The Morgan fingerprint density at radius 3 is 2.58 bits per heavy atom. The molecule has 0 N–H and O–H groups in total. The molecule has 2 heterocycles. The Morgan fingerprint density at radius 1 is 1.10 bits per heavy atom. The first-order valence-corrected chi connectivity index (χ1v) is 10.2. The lowest BCUT2D eigenvalue weighted by Gasteiger charge is -2.38. The van der Waals surface area contributed by atoms with E-state index in [0.717, 1.165) is 11.0 Å². The summed E-state index contributed by atoms with van der Waals surface area (Å²) in [5, 5.41) is 0. The van der Waals surface area contributed by atoms with E-state index in [1.165, 1.54) is 4.90 Å². The molecule has 1 amide bonds. The van der Waals surface area contributed by atoms with E-state index < -0.39 is 17.9 Å². The van der Waals surface area contributed by atoms with Gasteiger partial charge in [0.05, 0.1) is 43.9 Å². The van der Waals surface area contributed by atoms with E-state index in [9.17, 15) is 9.59 Å². The average Bonchev–Trinajstić information content (AvgIpc) is 3.17. The number of nitrogens with zero attached hydrogens (tertiary/aromatic N) is 3. The minimum Gasteiger partial charge on any atom is -0.496 e. The van der Waals surface area contributed by atoms with E-state index in [1.807, 2.05) is 53.1 Å². The molecule has 162 valence electrons. The molecule has 3 aromatic rings. The Morgan fingerprint density at radius 2 is 1.84 bits per heavy atom. The van der Waals surface area contributed by atoms with Crippen molar-refractivity contribution in [3.63, 3.8) is 0 Å². The topological polar surface area (TPSA) is 82.9 Å². The predicted octanol–water partition coefficient (Wildman–Crippen LogP) is 2.81. The quantitative estimate of drug-likeness (QED) is 0.429. The number of imidazole rings is 1. The van der Waals surface area contributed by atoms with Crippen LogP contribution in [0.25, 0.3) is 11.0 Å². The molecule has 8 nitrogen and oxygen atoms in total.